The largest absolute Gasteiger partial charge is 0.494 e. The van der Waals surface area contributed by atoms with Crippen molar-refractivity contribution in [2.75, 3.05) is 0 Å². The van der Waals surface area contributed by atoms with Crippen LogP contribution in [-0.2, 0) is 25.6 Å². The normalized spacial score (nSPS) is 20.8. The van der Waals surface area contributed by atoms with Gasteiger partial charge in [-0.15, -0.1) is 0 Å². The Hall–Kier alpha value is -1.81. The minimum absolute atomic E-state index is 0.0955. The molecule has 2 unspecified atom stereocenters. The van der Waals surface area contributed by atoms with Crippen LogP contribution in [0.4, 0.5) is 0 Å². The molecule has 0 amide bonds. The molecule has 0 N–H and O–H groups in total. The van der Waals surface area contributed by atoms with E-state index < -0.39 is 5.60 Å². The van der Waals surface area contributed by atoms with Crippen molar-refractivity contribution in [3.8, 4) is 0 Å². The Balaban J connectivity index is 1.81. The molecule has 1 fully saturated rings. The SMILES string of the molecule is C/C(C(=O)OC(C)(C)C)=C1/CCC(CC(C)OCc2ccccc2)O1. The second-order valence-electron chi connectivity index (χ2n) is 7.67. The predicted octanol–water partition coefficient (Wildman–Crippen LogP) is 4.78. The first-order valence-corrected chi connectivity index (χ1v) is 9.00. The topological polar surface area (TPSA) is 44.8 Å². The van der Waals surface area contributed by atoms with Crippen LogP contribution in [-0.4, -0.2) is 23.8 Å². The van der Waals surface area contributed by atoms with E-state index in [2.05, 4.69) is 19.1 Å². The van der Waals surface area contributed by atoms with E-state index in [0.717, 1.165) is 25.0 Å². The van der Waals surface area contributed by atoms with Crippen LogP contribution >= 0.6 is 0 Å². The lowest BCUT2D eigenvalue weighted by Gasteiger charge is -2.21. The van der Waals surface area contributed by atoms with Gasteiger partial charge in [-0.3, -0.25) is 0 Å². The summed E-state index contributed by atoms with van der Waals surface area (Å²) in [5, 5.41) is 0. The van der Waals surface area contributed by atoms with Gasteiger partial charge < -0.3 is 14.2 Å². The summed E-state index contributed by atoms with van der Waals surface area (Å²) in [6.45, 7) is 10.1. The summed E-state index contributed by atoms with van der Waals surface area (Å²) in [5.41, 5.74) is 1.26. The van der Waals surface area contributed by atoms with Crippen LogP contribution in [0.15, 0.2) is 41.7 Å². The fourth-order valence-electron chi connectivity index (χ4n) is 2.77. The molecule has 1 aliphatic heterocycles. The van der Waals surface area contributed by atoms with Gasteiger partial charge >= 0.3 is 5.97 Å². The highest BCUT2D eigenvalue weighted by Crippen LogP contribution is 2.30. The van der Waals surface area contributed by atoms with E-state index in [1.165, 1.54) is 5.56 Å². The first-order chi connectivity index (χ1) is 11.7. The summed E-state index contributed by atoms with van der Waals surface area (Å²) in [5.74, 6) is 0.464. The van der Waals surface area contributed by atoms with E-state index in [1.54, 1.807) is 6.92 Å². The molecule has 0 radical (unpaired) electrons. The van der Waals surface area contributed by atoms with E-state index in [1.807, 2.05) is 39.0 Å². The molecule has 0 spiro atoms. The number of carbonyl (C=O) groups excluding carboxylic acids is 1. The number of allylic oxidation sites excluding steroid dienone is 1. The Kier molecular flexibility index (Phi) is 6.65. The van der Waals surface area contributed by atoms with Gasteiger partial charge in [-0.25, -0.2) is 4.79 Å². The van der Waals surface area contributed by atoms with Crippen LogP contribution in [0, 0.1) is 0 Å². The van der Waals surface area contributed by atoms with Crippen molar-refractivity contribution in [2.24, 2.45) is 0 Å². The van der Waals surface area contributed by atoms with Crippen molar-refractivity contribution in [3.05, 3.63) is 47.2 Å². The van der Waals surface area contributed by atoms with Crippen molar-refractivity contribution in [3.63, 3.8) is 0 Å². The monoisotopic (exact) mass is 346 g/mol. The molecule has 1 aliphatic rings. The van der Waals surface area contributed by atoms with Crippen molar-refractivity contribution < 1.29 is 19.0 Å². The zero-order valence-corrected chi connectivity index (χ0v) is 16.0. The molecule has 1 aromatic carbocycles. The Morgan fingerprint density at radius 3 is 2.60 bits per heavy atom. The average Bonchev–Trinajstić information content (AvgIpc) is 3.00. The lowest BCUT2D eigenvalue weighted by Crippen LogP contribution is -2.25. The quantitative estimate of drug-likeness (QED) is 0.549. The minimum atomic E-state index is -0.489. The molecule has 4 heteroatoms. The molecular formula is C21H30O4. The van der Waals surface area contributed by atoms with Crippen LogP contribution in [0.25, 0.3) is 0 Å². The number of carbonyl (C=O) groups is 1. The Morgan fingerprint density at radius 2 is 1.96 bits per heavy atom. The summed E-state index contributed by atoms with van der Waals surface area (Å²) < 4.78 is 17.3. The van der Waals surface area contributed by atoms with Gasteiger partial charge in [0.15, 0.2) is 0 Å². The summed E-state index contributed by atoms with van der Waals surface area (Å²) in [7, 11) is 0. The molecule has 0 aliphatic carbocycles. The Labute approximate surface area is 151 Å². The maximum atomic E-state index is 12.1. The standard InChI is InChI=1S/C21H30O4/c1-15(23-14-17-9-7-6-8-10-17)13-18-11-12-19(24-18)16(2)20(22)25-21(3,4)5/h6-10,15,18H,11-14H2,1-5H3/b19-16+. The van der Waals surface area contributed by atoms with Crippen LogP contribution in [0.5, 0.6) is 0 Å². The number of esters is 1. The van der Waals surface area contributed by atoms with E-state index in [4.69, 9.17) is 14.2 Å². The highest BCUT2D eigenvalue weighted by atomic mass is 16.6. The van der Waals surface area contributed by atoms with Gasteiger partial charge in [0.25, 0.3) is 0 Å². The van der Waals surface area contributed by atoms with Gasteiger partial charge in [0.1, 0.15) is 17.5 Å². The fourth-order valence-corrected chi connectivity index (χ4v) is 2.77. The zero-order valence-electron chi connectivity index (χ0n) is 16.0. The van der Waals surface area contributed by atoms with Crippen molar-refractivity contribution in [1.29, 1.82) is 0 Å². The molecule has 2 atom stereocenters. The van der Waals surface area contributed by atoms with Crippen LogP contribution < -0.4 is 0 Å². The summed E-state index contributed by atoms with van der Waals surface area (Å²) in [6, 6.07) is 10.1. The van der Waals surface area contributed by atoms with Gasteiger partial charge in [-0.05, 0) is 46.6 Å². The molecular weight excluding hydrogens is 316 g/mol. The first kappa shape index (κ1) is 19.5. The molecule has 2 rings (SSSR count). The van der Waals surface area contributed by atoms with Crippen LogP contribution in [0.3, 0.4) is 0 Å². The van der Waals surface area contributed by atoms with Crippen LogP contribution in [0.2, 0.25) is 0 Å². The second-order valence-corrected chi connectivity index (χ2v) is 7.67. The average molecular weight is 346 g/mol. The number of ether oxygens (including phenoxy) is 3. The van der Waals surface area contributed by atoms with Crippen molar-refractivity contribution in [1.82, 2.24) is 0 Å². The van der Waals surface area contributed by atoms with E-state index in [0.29, 0.717) is 12.2 Å². The maximum absolute atomic E-state index is 12.1. The highest BCUT2D eigenvalue weighted by Gasteiger charge is 2.28. The van der Waals surface area contributed by atoms with E-state index in [-0.39, 0.29) is 18.2 Å². The number of hydrogen-bond donors (Lipinski definition) is 0. The number of rotatable bonds is 6. The predicted molar refractivity (Wildman–Crippen MR) is 98.0 cm³/mol. The smallest absolute Gasteiger partial charge is 0.337 e. The Bertz CT molecular complexity index is 598. The zero-order chi connectivity index (χ0) is 18.4. The molecule has 1 heterocycles. The summed E-state index contributed by atoms with van der Waals surface area (Å²) in [6.07, 6.45) is 2.71. The molecule has 25 heavy (non-hydrogen) atoms. The number of hydrogen-bond acceptors (Lipinski definition) is 4. The molecule has 1 aromatic rings. The van der Waals surface area contributed by atoms with E-state index in [9.17, 15) is 4.79 Å². The molecule has 138 valence electrons. The number of benzene rings is 1. The molecule has 0 saturated carbocycles. The Morgan fingerprint density at radius 1 is 1.28 bits per heavy atom. The van der Waals surface area contributed by atoms with E-state index >= 15 is 0 Å². The fraction of sp³-hybridized carbons (Fsp3) is 0.571. The maximum Gasteiger partial charge on any atom is 0.337 e. The molecule has 0 aromatic heterocycles. The highest BCUT2D eigenvalue weighted by molar-refractivity contribution is 5.88. The van der Waals surface area contributed by atoms with Gasteiger partial charge in [0, 0.05) is 12.8 Å². The van der Waals surface area contributed by atoms with Crippen molar-refractivity contribution >= 4 is 5.97 Å². The van der Waals surface area contributed by atoms with Gasteiger partial charge in [0.2, 0.25) is 0 Å². The lowest BCUT2D eigenvalue weighted by molar-refractivity contribution is -0.150. The third-order valence-corrected chi connectivity index (χ3v) is 4.10. The minimum Gasteiger partial charge on any atom is -0.494 e. The second kappa shape index (κ2) is 8.52. The van der Waals surface area contributed by atoms with Gasteiger partial charge in [0.05, 0.1) is 18.3 Å². The lowest BCUT2D eigenvalue weighted by atomic mass is 10.1. The first-order valence-electron chi connectivity index (χ1n) is 9.00. The van der Waals surface area contributed by atoms with Gasteiger partial charge in [-0.2, -0.15) is 0 Å². The molecule has 0 bridgehead atoms. The third-order valence-electron chi connectivity index (χ3n) is 4.10. The van der Waals surface area contributed by atoms with Crippen LogP contribution in [0.1, 0.15) is 59.4 Å². The summed E-state index contributed by atoms with van der Waals surface area (Å²) >= 11 is 0. The molecule has 4 nitrogen and oxygen atoms in total. The van der Waals surface area contributed by atoms with Crippen molar-refractivity contribution in [2.45, 2.75) is 78.3 Å². The molecule has 1 saturated heterocycles. The summed E-state index contributed by atoms with van der Waals surface area (Å²) in [4.78, 5) is 12.1. The van der Waals surface area contributed by atoms with Gasteiger partial charge in [-0.1, -0.05) is 30.3 Å². The third kappa shape index (κ3) is 6.54.